The van der Waals surface area contributed by atoms with Gasteiger partial charge in [-0.15, -0.1) is 0 Å². The number of azo groups is 2. The molecule has 0 spiro atoms. The van der Waals surface area contributed by atoms with Gasteiger partial charge in [0, 0.05) is 11.2 Å². The first kappa shape index (κ1) is 15.7. The summed E-state index contributed by atoms with van der Waals surface area (Å²) in [7, 11) is 5.80. The van der Waals surface area contributed by atoms with Crippen LogP contribution in [0.1, 0.15) is 0 Å². The van der Waals surface area contributed by atoms with E-state index in [1.54, 1.807) is 0 Å². The molecule has 0 saturated carbocycles. The normalized spacial score (nSPS) is 11.6. The van der Waals surface area contributed by atoms with Gasteiger partial charge in [0.25, 0.3) is 0 Å². The van der Waals surface area contributed by atoms with Crippen LogP contribution in [-0.4, -0.2) is 4.57 Å². The fraction of sp³-hybridized carbons (Fsp3) is 0.176. The molecule has 0 aliphatic carbocycles. The maximum absolute atomic E-state index is 4.26. The lowest BCUT2D eigenvalue weighted by Gasteiger charge is -1.92. The zero-order chi connectivity index (χ0) is 16.9. The van der Waals surface area contributed by atoms with Crippen molar-refractivity contribution in [1.82, 2.24) is 4.57 Å². The largest absolute Gasteiger partial charge is 0.421 e. The second-order valence-electron chi connectivity index (χ2n) is 5.41. The van der Waals surface area contributed by atoms with Crippen LogP contribution in [0.4, 0.5) is 23.1 Å². The molecule has 0 unspecified atom stereocenters. The van der Waals surface area contributed by atoms with Gasteiger partial charge in [0.2, 0.25) is 0 Å². The zero-order valence-corrected chi connectivity index (χ0v) is 13.9. The van der Waals surface area contributed by atoms with Gasteiger partial charge in [-0.1, -0.05) is 11.2 Å². The molecule has 0 amide bonds. The highest BCUT2D eigenvalue weighted by molar-refractivity contribution is 5.47. The van der Waals surface area contributed by atoms with Gasteiger partial charge < -0.3 is 0 Å². The predicted octanol–water partition coefficient (Wildman–Crippen LogP) is 3.50. The van der Waals surface area contributed by atoms with Crippen molar-refractivity contribution in [2.45, 2.75) is 0 Å². The molecule has 0 fully saturated rings. The first-order chi connectivity index (χ1) is 11.6. The monoisotopic (exact) mass is 321 g/mol. The molecule has 3 rings (SSSR count). The summed E-state index contributed by atoms with van der Waals surface area (Å²) in [5.74, 6) is 1.56. The van der Waals surface area contributed by atoms with E-state index in [2.05, 4.69) is 20.5 Å². The molecular formula is C17H19N7+2. The summed E-state index contributed by atoms with van der Waals surface area (Å²) in [5.41, 5.74) is 1.53. The Labute approximate surface area is 140 Å². The van der Waals surface area contributed by atoms with E-state index in [0.29, 0.717) is 0 Å². The Kier molecular flexibility index (Phi) is 4.51. The lowest BCUT2D eigenvalue weighted by molar-refractivity contribution is -0.658. The van der Waals surface area contributed by atoms with Gasteiger partial charge in [-0.2, -0.15) is 0 Å². The minimum Gasteiger partial charge on any atom is -0.233 e. The highest BCUT2D eigenvalue weighted by Gasteiger charge is 2.10. The molecule has 120 valence electrons. The molecule has 2 aromatic heterocycles. The Morgan fingerprint density at radius 1 is 0.750 bits per heavy atom. The highest BCUT2D eigenvalue weighted by atomic mass is 15.3. The second-order valence-corrected chi connectivity index (χ2v) is 5.41. The molecule has 0 aliphatic rings. The first-order valence-corrected chi connectivity index (χ1v) is 7.52. The topological polar surface area (TPSA) is 62.1 Å². The minimum atomic E-state index is 0.764. The Morgan fingerprint density at radius 2 is 1.42 bits per heavy atom. The van der Waals surface area contributed by atoms with Crippen LogP contribution in [0.2, 0.25) is 0 Å². The predicted molar refractivity (Wildman–Crippen MR) is 89.0 cm³/mol. The molecular weight excluding hydrogens is 302 g/mol. The molecule has 0 N–H and O–H groups in total. The Hall–Kier alpha value is -3.22. The summed E-state index contributed by atoms with van der Waals surface area (Å²) >= 11 is 0. The van der Waals surface area contributed by atoms with E-state index in [4.69, 9.17) is 0 Å². The molecule has 7 nitrogen and oxygen atoms in total. The van der Waals surface area contributed by atoms with Gasteiger partial charge in [0.05, 0.1) is 44.8 Å². The average Bonchev–Trinajstić information content (AvgIpc) is 2.91. The molecule has 0 radical (unpaired) electrons. The number of pyridine rings is 1. The Morgan fingerprint density at radius 3 is 2.00 bits per heavy atom. The second kappa shape index (κ2) is 6.91. The number of rotatable bonds is 4. The van der Waals surface area contributed by atoms with Crippen molar-refractivity contribution in [2.75, 3.05) is 0 Å². The third-order valence-electron chi connectivity index (χ3n) is 3.54. The van der Waals surface area contributed by atoms with Crippen LogP contribution in [-0.2, 0) is 21.1 Å². The van der Waals surface area contributed by atoms with Crippen LogP contribution in [0.15, 0.2) is 81.5 Å². The number of hydrogen-bond donors (Lipinski definition) is 0. The maximum atomic E-state index is 4.26. The number of aryl methyl sites for hydroxylation is 3. The van der Waals surface area contributed by atoms with Crippen LogP contribution < -0.4 is 9.13 Å². The summed E-state index contributed by atoms with van der Waals surface area (Å²) < 4.78 is 5.73. The van der Waals surface area contributed by atoms with Crippen LogP contribution in [0.25, 0.3) is 0 Å². The molecule has 0 saturated heterocycles. The van der Waals surface area contributed by atoms with Crippen molar-refractivity contribution in [1.29, 1.82) is 0 Å². The molecule has 0 aliphatic heterocycles. The molecule has 1 aromatic carbocycles. The quantitative estimate of drug-likeness (QED) is 0.521. The fourth-order valence-electron chi connectivity index (χ4n) is 2.14. The van der Waals surface area contributed by atoms with Crippen LogP contribution in [0, 0.1) is 0 Å². The molecule has 0 atom stereocenters. The number of aromatic nitrogens is 3. The van der Waals surface area contributed by atoms with Gasteiger partial charge in [-0.3, -0.25) is 0 Å². The van der Waals surface area contributed by atoms with Crippen LogP contribution >= 0.6 is 0 Å². The zero-order valence-electron chi connectivity index (χ0n) is 13.9. The SMILES string of the molecule is Cn1cc[n+](C)c1N=Nc1ccc(N=Nc2cccc[n+]2C)cc1. The summed E-state index contributed by atoms with van der Waals surface area (Å²) in [6.45, 7) is 0. The minimum absolute atomic E-state index is 0.764. The van der Waals surface area contributed by atoms with Crippen molar-refractivity contribution >= 4 is 23.1 Å². The van der Waals surface area contributed by atoms with Gasteiger partial charge in [-0.05, 0) is 35.4 Å². The smallest absolute Gasteiger partial charge is 0.233 e. The Bertz CT molecular complexity index is 872. The van der Waals surface area contributed by atoms with Gasteiger partial charge >= 0.3 is 11.8 Å². The molecule has 7 heteroatoms. The third kappa shape index (κ3) is 3.57. The van der Waals surface area contributed by atoms with E-state index in [1.807, 2.05) is 95.9 Å². The van der Waals surface area contributed by atoms with E-state index >= 15 is 0 Å². The summed E-state index contributed by atoms with van der Waals surface area (Å²) in [4.78, 5) is 0. The van der Waals surface area contributed by atoms with E-state index in [0.717, 1.165) is 23.1 Å². The van der Waals surface area contributed by atoms with Crippen molar-refractivity contribution < 1.29 is 9.13 Å². The van der Waals surface area contributed by atoms with E-state index in [1.165, 1.54) is 0 Å². The Balaban J connectivity index is 1.73. The number of imidazole rings is 1. The third-order valence-corrected chi connectivity index (χ3v) is 3.54. The fourth-order valence-corrected chi connectivity index (χ4v) is 2.14. The summed E-state index contributed by atoms with van der Waals surface area (Å²) in [6, 6.07) is 13.3. The van der Waals surface area contributed by atoms with E-state index < -0.39 is 0 Å². The summed E-state index contributed by atoms with van der Waals surface area (Å²) in [6.07, 6.45) is 5.80. The molecule has 3 aromatic rings. The number of benzene rings is 1. The average molecular weight is 321 g/mol. The summed E-state index contributed by atoms with van der Waals surface area (Å²) in [5, 5.41) is 17.0. The van der Waals surface area contributed by atoms with Gasteiger partial charge in [-0.25, -0.2) is 13.7 Å². The number of hydrogen-bond acceptors (Lipinski definition) is 4. The van der Waals surface area contributed by atoms with Crippen molar-refractivity contribution in [3.8, 4) is 0 Å². The van der Waals surface area contributed by atoms with Gasteiger partial charge in [0.1, 0.15) is 11.4 Å². The highest BCUT2D eigenvalue weighted by Crippen LogP contribution is 2.21. The lowest BCUT2D eigenvalue weighted by Crippen LogP contribution is -2.26. The van der Waals surface area contributed by atoms with Crippen molar-refractivity contribution in [2.24, 2.45) is 41.6 Å². The van der Waals surface area contributed by atoms with Crippen LogP contribution in [0.5, 0.6) is 0 Å². The van der Waals surface area contributed by atoms with E-state index in [9.17, 15) is 0 Å². The molecule has 2 heterocycles. The standard InChI is InChI=1S/C17H19N7/c1-22-11-5-4-6-16(22)20-18-14-7-9-15(10-8-14)19-21-17-23(2)12-13-24(17)3/h4-13H,1-3H3/q+2. The molecule has 24 heavy (non-hydrogen) atoms. The van der Waals surface area contributed by atoms with E-state index in [-0.39, 0.29) is 0 Å². The van der Waals surface area contributed by atoms with Crippen molar-refractivity contribution in [3.63, 3.8) is 0 Å². The molecule has 0 bridgehead atoms. The van der Waals surface area contributed by atoms with Crippen molar-refractivity contribution in [3.05, 3.63) is 61.1 Å². The number of nitrogens with zero attached hydrogens (tertiary/aromatic N) is 7. The van der Waals surface area contributed by atoms with Crippen LogP contribution in [0.3, 0.4) is 0 Å². The van der Waals surface area contributed by atoms with Gasteiger partial charge in [0.15, 0.2) is 0 Å². The first-order valence-electron chi connectivity index (χ1n) is 7.52. The lowest BCUT2D eigenvalue weighted by atomic mass is 10.3. The maximum Gasteiger partial charge on any atom is 0.421 e.